The zero-order valence-electron chi connectivity index (χ0n) is 14.9. The average molecular weight is 394 g/mol. The van der Waals surface area contributed by atoms with Gasteiger partial charge in [0.05, 0.1) is 5.75 Å². The first kappa shape index (κ1) is 20.3. The third-order valence-electron chi connectivity index (χ3n) is 3.60. The first-order valence-electron chi connectivity index (χ1n) is 8.44. The maximum absolute atomic E-state index is 12.1. The Morgan fingerprint density at radius 3 is 2.58 bits per heavy atom. The molecule has 1 heterocycles. The van der Waals surface area contributed by atoms with Crippen LogP contribution in [-0.4, -0.2) is 58.8 Å². The molecule has 1 aromatic carbocycles. The number of hydrogen-bond acceptors (Lipinski definition) is 7. The molecule has 0 atom stereocenters. The molecule has 0 unspecified atom stereocenters. The van der Waals surface area contributed by atoms with Gasteiger partial charge in [0.2, 0.25) is 10.9 Å². The number of anilines is 1. The lowest BCUT2D eigenvalue weighted by atomic mass is 10.3. The van der Waals surface area contributed by atoms with Crippen LogP contribution in [0.5, 0.6) is 0 Å². The fraction of sp³-hybridized carbons (Fsp3) is 0.412. The molecule has 2 aromatic rings. The zero-order chi connectivity index (χ0) is 18.8. The minimum Gasteiger partial charge on any atom is -0.354 e. The normalized spacial score (nSPS) is 10.7. The van der Waals surface area contributed by atoms with Crippen molar-refractivity contribution in [3.63, 3.8) is 0 Å². The quantitative estimate of drug-likeness (QED) is 0.603. The van der Waals surface area contributed by atoms with Crippen LogP contribution < -0.4 is 10.6 Å². The first-order chi connectivity index (χ1) is 12.6. The molecule has 0 aliphatic heterocycles. The van der Waals surface area contributed by atoms with Crippen molar-refractivity contribution in [2.75, 3.05) is 37.2 Å². The predicted octanol–water partition coefficient (Wildman–Crippen LogP) is 2.34. The molecule has 0 bridgehead atoms. The smallest absolute Gasteiger partial charge is 0.286 e. The predicted molar refractivity (Wildman–Crippen MR) is 106 cm³/mol. The van der Waals surface area contributed by atoms with Crippen molar-refractivity contribution in [2.24, 2.45) is 0 Å². The Bertz CT molecular complexity index is 704. The lowest BCUT2D eigenvalue weighted by Gasteiger charge is -2.17. The van der Waals surface area contributed by atoms with Crippen molar-refractivity contribution >= 4 is 40.6 Å². The van der Waals surface area contributed by atoms with Gasteiger partial charge in [0.25, 0.3) is 5.91 Å². The summed E-state index contributed by atoms with van der Waals surface area (Å²) in [6, 6.07) is 9.17. The summed E-state index contributed by atoms with van der Waals surface area (Å²) >= 11 is 2.46. The number of nitrogens with zero attached hydrogens (tertiary/aromatic N) is 3. The van der Waals surface area contributed by atoms with E-state index in [1.807, 2.05) is 18.2 Å². The summed E-state index contributed by atoms with van der Waals surface area (Å²) in [5.74, 6) is -0.0930. The number of carbonyl (C=O) groups excluding carboxylic acids is 2. The summed E-state index contributed by atoms with van der Waals surface area (Å²) in [6.07, 6.45) is 0. The van der Waals surface area contributed by atoms with Crippen LogP contribution >= 0.6 is 23.1 Å². The van der Waals surface area contributed by atoms with Crippen LogP contribution in [0.25, 0.3) is 0 Å². The van der Waals surface area contributed by atoms with Gasteiger partial charge in [0.1, 0.15) is 0 Å². The highest BCUT2D eigenvalue weighted by molar-refractivity contribution is 8.01. The SMILES string of the molecule is CCN(CC)CCNC(=O)CSc1nnc(C(=O)Nc2ccccc2)s1. The van der Waals surface area contributed by atoms with E-state index in [-0.39, 0.29) is 22.6 Å². The standard InChI is InChI=1S/C17H23N5O2S2/c1-3-22(4-2)11-10-18-14(23)12-25-17-21-20-16(26-17)15(24)19-13-8-6-5-7-9-13/h5-9H,3-4,10-12H2,1-2H3,(H,18,23)(H,19,24). The minimum absolute atomic E-state index is 0.0485. The monoisotopic (exact) mass is 393 g/mol. The van der Waals surface area contributed by atoms with Crippen molar-refractivity contribution in [1.82, 2.24) is 20.4 Å². The van der Waals surface area contributed by atoms with Crippen molar-refractivity contribution in [2.45, 2.75) is 18.2 Å². The van der Waals surface area contributed by atoms with Gasteiger partial charge in [0, 0.05) is 18.8 Å². The summed E-state index contributed by atoms with van der Waals surface area (Å²) in [5.41, 5.74) is 0.703. The summed E-state index contributed by atoms with van der Waals surface area (Å²) in [5, 5.41) is 13.8. The third kappa shape index (κ3) is 6.74. The number of aromatic nitrogens is 2. The Kier molecular flexibility index (Phi) is 8.52. The molecule has 7 nitrogen and oxygen atoms in total. The van der Waals surface area contributed by atoms with Gasteiger partial charge in [-0.15, -0.1) is 10.2 Å². The van der Waals surface area contributed by atoms with Crippen LogP contribution in [0.4, 0.5) is 5.69 Å². The number of thioether (sulfide) groups is 1. The Morgan fingerprint density at radius 2 is 1.88 bits per heavy atom. The molecule has 0 saturated heterocycles. The number of benzene rings is 1. The molecule has 0 fully saturated rings. The number of hydrogen-bond donors (Lipinski definition) is 2. The minimum atomic E-state index is -0.302. The zero-order valence-corrected chi connectivity index (χ0v) is 16.5. The number of nitrogens with one attached hydrogen (secondary N) is 2. The molecule has 1 aromatic heterocycles. The second-order valence-corrected chi connectivity index (χ2v) is 7.56. The van der Waals surface area contributed by atoms with Gasteiger partial charge in [-0.2, -0.15) is 0 Å². The third-order valence-corrected chi connectivity index (χ3v) is 5.66. The van der Waals surface area contributed by atoms with E-state index in [1.54, 1.807) is 12.1 Å². The molecule has 0 saturated carbocycles. The Hall–Kier alpha value is -1.97. The number of rotatable bonds is 10. The van der Waals surface area contributed by atoms with Crippen molar-refractivity contribution in [3.05, 3.63) is 35.3 Å². The van der Waals surface area contributed by atoms with Gasteiger partial charge in [-0.05, 0) is 25.2 Å². The maximum Gasteiger partial charge on any atom is 0.286 e. The molecule has 0 aliphatic carbocycles. The molecule has 0 aliphatic rings. The number of likely N-dealkylation sites (N-methyl/N-ethyl adjacent to an activating group) is 1. The summed E-state index contributed by atoms with van der Waals surface area (Å²) in [4.78, 5) is 26.3. The molecular weight excluding hydrogens is 370 g/mol. The summed E-state index contributed by atoms with van der Waals surface area (Å²) in [7, 11) is 0. The van der Waals surface area contributed by atoms with Crippen LogP contribution in [0.2, 0.25) is 0 Å². The Morgan fingerprint density at radius 1 is 1.15 bits per heavy atom. The van der Waals surface area contributed by atoms with Gasteiger partial charge in [0.15, 0.2) is 4.34 Å². The number of para-hydroxylation sites is 1. The van der Waals surface area contributed by atoms with E-state index >= 15 is 0 Å². The second kappa shape index (κ2) is 10.9. The van der Waals surface area contributed by atoms with Gasteiger partial charge < -0.3 is 15.5 Å². The fourth-order valence-electron chi connectivity index (χ4n) is 2.14. The van der Waals surface area contributed by atoms with Gasteiger partial charge in [-0.3, -0.25) is 9.59 Å². The molecule has 9 heteroatoms. The molecule has 0 radical (unpaired) electrons. The van der Waals surface area contributed by atoms with E-state index in [1.165, 1.54) is 23.1 Å². The van der Waals surface area contributed by atoms with Crippen LogP contribution in [0.15, 0.2) is 34.7 Å². The van der Waals surface area contributed by atoms with Crippen LogP contribution in [-0.2, 0) is 4.79 Å². The van der Waals surface area contributed by atoms with Crippen molar-refractivity contribution in [1.29, 1.82) is 0 Å². The van der Waals surface area contributed by atoms with E-state index in [2.05, 4.69) is 39.6 Å². The van der Waals surface area contributed by atoms with Crippen molar-refractivity contribution in [3.8, 4) is 0 Å². The highest BCUT2D eigenvalue weighted by atomic mass is 32.2. The maximum atomic E-state index is 12.1. The van der Waals surface area contributed by atoms with E-state index < -0.39 is 0 Å². The fourth-order valence-corrected chi connectivity index (χ4v) is 3.71. The molecule has 2 amide bonds. The van der Waals surface area contributed by atoms with E-state index in [0.29, 0.717) is 16.6 Å². The summed E-state index contributed by atoms with van der Waals surface area (Å²) < 4.78 is 0.599. The van der Waals surface area contributed by atoms with Crippen LogP contribution in [0.1, 0.15) is 23.6 Å². The first-order valence-corrected chi connectivity index (χ1v) is 10.2. The topological polar surface area (TPSA) is 87.2 Å². The molecule has 140 valence electrons. The largest absolute Gasteiger partial charge is 0.354 e. The Balaban J connectivity index is 1.74. The molecule has 2 N–H and O–H groups in total. The lowest BCUT2D eigenvalue weighted by Crippen LogP contribution is -2.35. The summed E-state index contributed by atoms with van der Waals surface area (Å²) in [6.45, 7) is 7.61. The molecule has 26 heavy (non-hydrogen) atoms. The van der Waals surface area contributed by atoms with Crippen LogP contribution in [0, 0.1) is 0 Å². The second-order valence-electron chi connectivity index (χ2n) is 5.36. The number of carbonyl (C=O) groups is 2. The van der Waals surface area contributed by atoms with Gasteiger partial charge >= 0.3 is 0 Å². The van der Waals surface area contributed by atoms with Crippen LogP contribution in [0.3, 0.4) is 0 Å². The highest BCUT2D eigenvalue weighted by Crippen LogP contribution is 2.22. The number of amides is 2. The highest BCUT2D eigenvalue weighted by Gasteiger charge is 2.14. The van der Waals surface area contributed by atoms with E-state index in [4.69, 9.17) is 0 Å². The van der Waals surface area contributed by atoms with Gasteiger partial charge in [-0.25, -0.2) is 0 Å². The van der Waals surface area contributed by atoms with E-state index in [9.17, 15) is 9.59 Å². The van der Waals surface area contributed by atoms with Gasteiger partial charge in [-0.1, -0.05) is 55.1 Å². The lowest BCUT2D eigenvalue weighted by molar-refractivity contribution is -0.118. The molecule has 0 spiro atoms. The molecular formula is C17H23N5O2S2. The van der Waals surface area contributed by atoms with E-state index in [0.717, 1.165) is 19.6 Å². The molecule has 2 rings (SSSR count). The average Bonchev–Trinajstić information content (AvgIpc) is 3.14. The van der Waals surface area contributed by atoms with Crippen molar-refractivity contribution < 1.29 is 9.59 Å². The Labute approximate surface area is 161 Å².